The number of aliphatic hydroxyl groups is 2. The molecule has 4 aliphatic rings. The Kier molecular flexibility index (Phi) is 9.68. The summed E-state index contributed by atoms with van der Waals surface area (Å²) in [5, 5.41) is 21.8. The van der Waals surface area contributed by atoms with Gasteiger partial charge in [-0.15, -0.1) is 0 Å². The molecule has 6 heteroatoms. The zero-order valence-electron chi connectivity index (χ0n) is 35.4. The van der Waals surface area contributed by atoms with Crippen LogP contribution < -0.4 is 0 Å². The van der Waals surface area contributed by atoms with Crippen LogP contribution in [0.4, 0.5) is 0 Å². The number of aliphatic imine (C=N–C) groups is 3. The second-order valence-electron chi connectivity index (χ2n) is 19.7. The maximum atomic E-state index is 11.0. The molecule has 0 spiro atoms. The first-order valence-electron chi connectivity index (χ1n) is 20.0. The summed E-state index contributed by atoms with van der Waals surface area (Å²) in [6.45, 7) is 26.8. The fourth-order valence-electron chi connectivity index (χ4n) is 7.70. The first-order chi connectivity index (χ1) is 26.1. The van der Waals surface area contributed by atoms with Crippen molar-refractivity contribution < 1.29 is 10.2 Å². The van der Waals surface area contributed by atoms with Crippen LogP contribution in [0.25, 0.3) is 16.7 Å². The lowest BCUT2D eigenvalue weighted by atomic mass is 9.78. The molecule has 0 fully saturated rings. The van der Waals surface area contributed by atoms with E-state index in [4.69, 9.17) is 15.0 Å². The van der Waals surface area contributed by atoms with E-state index in [1.54, 1.807) is 0 Å². The van der Waals surface area contributed by atoms with Crippen LogP contribution in [-0.2, 0) is 21.7 Å². The van der Waals surface area contributed by atoms with Gasteiger partial charge in [-0.2, -0.15) is 0 Å². The number of fused-ring (bicyclic) bond motifs is 5. The average Bonchev–Trinajstić information content (AvgIpc) is 3.94. The van der Waals surface area contributed by atoms with Crippen molar-refractivity contribution in [2.75, 3.05) is 6.61 Å². The minimum Gasteiger partial charge on any atom is -0.515 e. The monoisotopic (exact) mass is 746 g/mol. The second kappa shape index (κ2) is 13.8. The summed E-state index contributed by atoms with van der Waals surface area (Å²) >= 11 is 0. The van der Waals surface area contributed by atoms with Gasteiger partial charge in [-0.05, 0) is 104 Å². The Hall–Kier alpha value is -5.07. The highest BCUT2D eigenvalue weighted by Gasteiger charge is 2.30. The van der Waals surface area contributed by atoms with Crippen molar-refractivity contribution in [3.05, 3.63) is 147 Å². The molecular weight excluding hydrogens is 689 g/mol. The molecule has 6 nitrogen and oxygen atoms in total. The molecule has 0 unspecified atom stereocenters. The van der Waals surface area contributed by atoms with Crippen LogP contribution >= 0.6 is 0 Å². The molecule has 7 rings (SSSR count). The SMILES string of the molecule is CC(C)(C)c1cc(C2=C3CCC(=N3)/C(=C/O)c3ccc([nH]3)C(c3cc(C(C)(C)C)cc(C(C)(C)C)c3)=C3C=CC(=N3)C(CO)=C3C=CC2=N3)cc(C(C)(C)C)c1. The highest BCUT2D eigenvalue weighted by Crippen LogP contribution is 2.41. The molecule has 1 aromatic heterocycles. The molecule has 56 heavy (non-hydrogen) atoms. The van der Waals surface area contributed by atoms with Crippen molar-refractivity contribution in [3.63, 3.8) is 0 Å². The summed E-state index contributed by atoms with van der Waals surface area (Å²) in [6.07, 6.45) is 10.6. The quantitative estimate of drug-likeness (QED) is 0.233. The van der Waals surface area contributed by atoms with E-state index in [2.05, 4.69) is 131 Å². The Morgan fingerprint density at radius 2 is 1.05 bits per heavy atom. The van der Waals surface area contributed by atoms with Crippen molar-refractivity contribution in [1.29, 1.82) is 0 Å². The number of allylic oxidation sites excluding steroid dienone is 7. The molecule has 0 saturated heterocycles. The Morgan fingerprint density at radius 1 is 0.571 bits per heavy atom. The van der Waals surface area contributed by atoms with E-state index >= 15 is 0 Å². The van der Waals surface area contributed by atoms with Crippen LogP contribution in [0, 0.1) is 0 Å². The van der Waals surface area contributed by atoms with Gasteiger partial charge in [0, 0.05) is 22.4 Å². The van der Waals surface area contributed by atoms with E-state index < -0.39 is 0 Å². The summed E-state index contributed by atoms with van der Waals surface area (Å²) in [5.41, 5.74) is 16.4. The molecule has 0 aliphatic carbocycles. The first-order valence-corrected chi connectivity index (χ1v) is 20.0. The molecule has 0 radical (unpaired) electrons. The topological polar surface area (TPSA) is 93.3 Å². The van der Waals surface area contributed by atoms with Crippen LogP contribution in [0.5, 0.6) is 0 Å². The van der Waals surface area contributed by atoms with Gasteiger partial charge in [-0.25, -0.2) is 9.98 Å². The van der Waals surface area contributed by atoms with Gasteiger partial charge in [-0.1, -0.05) is 119 Å². The number of benzene rings is 2. The zero-order valence-corrected chi connectivity index (χ0v) is 35.4. The number of aromatic amines is 1. The third kappa shape index (κ3) is 7.44. The van der Waals surface area contributed by atoms with E-state index in [1.807, 2.05) is 30.4 Å². The third-order valence-electron chi connectivity index (χ3n) is 11.3. The lowest BCUT2D eigenvalue weighted by Gasteiger charge is -2.27. The van der Waals surface area contributed by atoms with Gasteiger partial charge in [0.25, 0.3) is 0 Å². The van der Waals surface area contributed by atoms with Gasteiger partial charge in [-0.3, -0.25) is 4.99 Å². The van der Waals surface area contributed by atoms with Crippen LogP contribution in [0.1, 0.15) is 141 Å². The maximum Gasteiger partial charge on any atom is 0.0903 e. The van der Waals surface area contributed by atoms with Crippen molar-refractivity contribution in [3.8, 4) is 0 Å². The molecule has 3 aromatic rings. The van der Waals surface area contributed by atoms with Crippen LogP contribution in [-0.4, -0.2) is 38.9 Å². The van der Waals surface area contributed by atoms with E-state index in [0.717, 1.165) is 56.5 Å². The molecule has 290 valence electrons. The van der Waals surface area contributed by atoms with Crippen LogP contribution in [0.2, 0.25) is 0 Å². The zero-order chi connectivity index (χ0) is 40.5. The van der Waals surface area contributed by atoms with E-state index in [9.17, 15) is 10.2 Å². The van der Waals surface area contributed by atoms with E-state index in [-0.39, 0.29) is 28.3 Å². The van der Waals surface area contributed by atoms with Gasteiger partial charge < -0.3 is 15.2 Å². The van der Waals surface area contributed by atoms with Gasteiger partial charge in [0.05, 0.1) is 58.4 Å². The fraction of sp³-hybridized carbons (Fsp3) is 0.380. The summed E-state index contributed by atoms with van der Waals surface area (Å²) in [4.78, 5) is 19.5. The molecule has 2 aromatic carbocycles. The molecule has 4 aliphatic heterocycles. The van der Waals surface area contributed by atoms with Crippen molar-refractivity contribution in [2.24, 2.45) is 15.0 Å². The normalized spacial score (nSPS) is 18.4. The summed E-state index contributed by atoms with van der Waals surface area (Å²) < 4.78 is 0. The summed E-state index contributed by atoms with van der Waals surface area (Å²) in [7, 11) is 0. The van der Waals surface area contributed by atoms with Crippen LogP contribution in [0.3, 0.4) is 0 Å². The van der Waals surface area contributed by atoms with Gasteiger partial charge in [0.15, 0.2) is 0 Å². The highest BCUT2D eigenvalue weighted by atomic mass is 16.3. The number of H-pyrrole nitrogens is 1. The summed E-state index contributed by atoms with van der Waals surface area (Å²) in [5.74, 6) is 0. The Bertz CT molecular complexity index is 2350. The summed E-state index contributed by atoms with van der Waals surface area (Å²) in [6, 6.07) is 17.9. The molecule has 3 N–H and O–H groups in total. The lowest BCUT2D eigenvalue weighted by Crippen LogP contribution is -2.17. The number of rotatable bonds is 3. The first kappa shape index (κ1) is 39.2. The van der Waals surface area contributed by atoms with Crippen molar-refractivity contribution in [1.82, 2.24) is 4.98 Å². The van der Waals surface area contributed by atoms with Crippen molar-refractivity contribution >= 4 is 33.9 Å². The largest absolute Gasteiger partial charge is 0.515 e. The smallest absolute Gasteiger partial charge is 0.0903 e. The molecule has 5 heterocycles. The minimum atomic E-state index is -0.213. The number of hydrogen-bond donors (Lipinski definition) is 3. The number of hydrogen-bond acceptors (Lipinski definition) is 5. The average molecular weight is 747 g/mol. The van der Waals surface area contributed by atoms with Gasteiger partial charge >= 0.3 is 0 Å². The predicted molar refractivity (Wildman–Crippen MR) is 236 cm³/mol. The third-order valence-corrected chi connectivity index (χ3v) is 11.3. The van der Waals surface area contributed by atoms with Gasteiger partial charge in [0.2, 0.25) is 0 Å². The molecular formula is C50H58N4O2. The number of nitrogens with one attached hydrogen (secondary N) is 1. The molecule has 0 amide bonds. The Morgan fingerprint density at radius 3 is 1.57 bits per heavy atom. The number of aromatic nitrogens is 1. The lowest BCUT2D eigenvalue weighted by molar-refractivity contribution is 0.336. The van der Waals surface area contributed by atoms with Gasteiger partial charge in [0.1, 0.15) is 0 Å². The number of nitrogens with zero attached hydrogens (tertiary/aromatic N) is 3. The predicted octanol–water partition coefficient (Wildman–Crippen LogP) is 11.8. The van der Waals surface area contributed by atoms with Crippen molar-refractivity contribution in [2.45, 2.75) is 118 Å². The Balaban J connectivity index is 1.52. The standard InChI is InChI=1S/C50H58N4O2/c1-47(2,3)31-21-29(22-32(25-31)48(4,5)6)45-41-17-13-37(51-41)35(27-55)39-15-19-43(53-39)46(30-23-33(49(7,8)9)26-34(24-30)50(10,11)12)44-20-16-40(54-44)36(28-56)38-14-18-42(45)52-38/h13-15,17-19,21-26,28,52,55-56H,16,20,27H2,1-12H3/b36-28+,39-35?,45-41?,46-44?. The molecule has 0 atom stereocenters. The maximum absolute atomic E-state index is 11.0. The van der Waals surface area contributed by atoms with E-state index in [1.165, 1.54) is 28.5 Å². The minimum absolute atomic E-state index is 0.0797. The van der Waals surface area contributed by atoms with E-state index in [0.29, 0.717) is 35.4 Å². The molecule has 0 saturated carbocycles. The fourth-order valence-corrected chi connectivity index (χ4v) is 7.70. The molecule has 8 bridgehead atoms. The second-order valence-corrected chi connectivity index (χ2v) is 19.7. The van der Waals surface area contributed by atoms with Crippen LogP contribution in [0.15, 0.2) is 117 Å². The Labute approximate surface area is 333 Å². The highest BCUT2D eigenvalue weighted by molar-refractivity contribution is 6.33. The number of aliphatic hydroxyl groups excluding tert-OH is 2.